The Bertz CT molecular complexity index is 467. The highest BCUT2D eigenvalue weighted by Gasteiger charge is 2.12. The van der Waals surface area contributed by atoms with Crippen molar-refractivity contribution in [1.29, 1.82) is 0 Å². The second-order valence-electron chi connectivity index (χ2n) is 4.41. The fourth-order valence-corrected chi connectivity index (χ4v) is 2.06. The van der Waals surface area contributed by atoms with Crippen LogP contribution in [0.3, 0.4) is 0 Å². The molecule has 0 spiro atoms. The molecule has 0 saturated heterocycles. The lowest BCUT2D eigenvalue weighted by atomic mass is 10.0. The third-order valence-electron chi connectivity index (χ3n) is 3.13. The minimum atomic E-state index is -0.293. The van der Waals surface area contributed by atoms with Crippen molar-refractivity contribution in [3.05, 3.63) is 47.8 Å². The first-order chi connectivity index (χ1) is 8.83. The molecule has 0 aliphatic rings. The number of rotatable bonds is 6. The lowest BCUT2D eigenvalue weighted by Gasteiger charge is -2.08. The molecular formula is C14H18FN3. The summed E-state index contributed by atoms with van der Waals surface area (Å²) in [5, 5.41) is 0. The van der Waals surface area contributed by atoms with Gasteiger partial charge in [0.25, 0.3) is 0 Å². The van der Waals surface area contributed by atoms with Gasteiger partial charge in [0.2, 0.25) is 0 Å². The van der Waals surface area contributed by atoms with Gasteiger partial charge in [0.15, 0.2) is 0 Å². The van der Waals surface area contributed by atoms with Crippen LogP contribution in [-0.2, 0) is 6.42 Å². The number of pyridine rings is 1. The maximum Gasteiger partial charge on any atom is 0.109 e. The topological polar surface area (TPSA) is 41.6 Å². The van der Waals surface area contributed by atoms with E-state index in [9.17, 15) is 4.39 Å². The fourth-order valence-electron chi connectivity index (χ4n) is 2.06. The fraction of sp³-hybridized carbons (Fsp3) is 0.429. The minimum absolute atomic E-state index is 0.196. The van der Waals surface area contributed by atoms with Crippen LogP contribution in [0.2, 0.25) is 0 Å². The van der Waals surface area contributed by atoms with Crippen molar-refractivity contribution in [2.45, 2.75) is 32.1 Å². The summed E-state index contributed by atoms with van der Waals surface area (Å²) in [6, 6.07) is 3.97. The first kappa shape index (κ1) is 12.7. The number of hydrogen-bond acceptors (Lipinski definition) is 2. The highest BCUT2D eigenvalue weighted by Crippen LogP contribution is 2.21. The van der Waals surface area contributed by atoms with Gasteiger partial charge in [-0.2, -0.15) is 0 Å². The largest absolute Gasteiger partial charge is 0.345 e. The van der Waals surface area contributed by atoms with E-state index in [2.05, 4.69) is 21.9 Å². The smallest absolute Gasteiger partial charge is 0.109 e. The molecule has 0 saturated carbocycles. The molecule has 2 aromatic rings. The van der Waals surface area contributed by atoms with Crippen LogP contribution in [0, 0.1) is 0 Å². The number of aromatic nitrogens is 3. The molecule has 2 heterocycles. The normalized spacial score (nSPS) is 12.6. The summed E-state index contributed by atoms with van der Waals surface area (Å²) in [5.41, 5.74) is 2.26. The maximum absolute atomic E-state index is 12.4. The van der Waals surface area contributed by atoms with Crippen LogP contribution in [0.5, 0.6) is 0 Å². The zero-order valence-corrected chi connectivity index (χ0v) is 10.6. The number of imidazole rings is 1. The standard InChI is InChI=1S/C14H18FN3/c1-2-12(3-6-15)14-17-10-13(18-14)9-11-4-7-16-8-5-11/h4-5,7-8,10,12H,2-3,6,9H2,1H3,(H,17,18)/t12-/m0/s1. The third kappa shape index (κ3) is 3.15. The zero-order valence-electron chi connectivity index (χ0n) is 10.6. The average molecular weight is 247 g/mol. The highest BCUT2D eigenvalue weighted by atomic mass is 19.1. The molecule has 2 aromatic heterocycles. The molecule has 0 aromatic carbocycles. The quantitative estimate of drug-likeness (QED) is 0.851. The summed E-state index contributed by atoms with van der Waals surface area (Å²) in [4.78, 5) is 11.7. The molecule has 1 N–H and O–H groups in total. The number of nitrogens with zero attached hydrogens (tertiary/aromatic N) is 2. The Morgan fingerprint density at radius 2 is 2.11 bits per heavy atom. The molecule has 0 bridgehead atoms. The number of nitrogens with one attached hydrogen (secondary N) is 1. The molecular weight excluding hydrogens is 229 g/mol. The Balaban J connectivity index is 2.06. The molecule has 0 aliphatic carbocycles. The molecule has 1 atom stereocenters. The Labute approximate surface area is 106 Å². The third-order valence-corrected chi connectivity index (χ3v) is 3.13. The number of H-pyrrole nitrogens is 1. The minimum Gasteiger partial charge on any atom is -0.345 e. The molecule has 0 amide bonds. The van der Waals surface area contributed by atoms with Crippen molar-refractivity contribution < 1.29 is 4.39 Å². The van der Waals surface area contributed by atoms with Crippen molar-refractivity contribution >= 4 is 0 Å². The highest BCUT2D eigenvalue weighted by molar-refractivity contribution is 5.18. The molecule has 3 nitrogen and oxygen atoms in total. The van der Waals surface area contributed by atoms with Crippen molar-refractivity contribution in [1.82, 2.24) is 15.0 Å². The summed E-state index contributed by atoms with van der Waals surface area (Å²) < 4.78 is 12.4. The molecule has 18 heavy (non-hydrogen) atoms. The van der Waals surface area contributed by atoms with Crippen LogP contribution < -0.4 is 0 Å². The molecule has 0 aliphatic heterocycles. The molecule has 0 unspecified atom stereocenters. The number of halogens is 1. The lowest BCUT2D eigenvalue weighted by Crippen LogP contribution is -2.01. The van der Waals surface area contributed by atoms with E-state index in [-0.39, 0.29) is 12.6 Å². The van der Waals surface area contributed by atoms with E-state index in [0.717, 1.165) is 24.4 Å². The number of hydrogen-bond donors (Lipinski definition) is 1. The molecule has 2 rings (SSSR count). The Morgan fingerprint density at radius 3 is 2.78 bits per heavy atom. The van der Waals surface area contributed by atoms with Gasteiger partial charge in [-0.25, -0.2) is 4.98 Å². The van der Waals surface area contributed by atoms with E-state index in [1.807, 2.05) is 18.3 Å². The van der Waals surface area contributed by atoms with Crippen LogP contribution in [0.4, 0.5) is 4.39 Å². The average Bonchev–Trinajstić information content (AvgIpc) is 2.85. The van der Waals surface area contributed by atoms with Gasteiger partial charge in [0, 0.05) is 36.6 Å². The molecule has 4 heteroatoms. The molecule has 0 fully saturated rings. The zero-order chi connectivity index (χ0) is 12.8. The first-order valence-electron chi connectivity index (χ1n) is 6.32. The van der Waals surface area contributed by atoms with Crippen molar-refractivity contribution in [3.63, 3.8) is 0 Å². The van der Waals surface area contributed by atoms with Gasteiger partial charge in [-0.1, -0.05) is 6.92 Å². The second-order valence-corrected chi connectivity index (χ2v) is 4.41. The van der Waals surface area contributed by atoms with Gasteiger partial charge >= 0.3 is 0 Å². The van der Waals surface area contributed by atoms with Gasteiger partial charge < -0.3 is 4.98 Å². The summed E-state index contributed by atoms with van der Waals surface area (Å²) >= 11 is 0. The number of aromatic amines is 1. The van der Waals surface area contributed by atoms with E-state index < -0.39 is 0 Å². The van der Waals surface area contributed by atoms with Gasteiger partial charge in [-0.15, -0.1) is 0 Å². The lowest BCUT2D eigenvalue weighted by molar-refractivity contribution is 0.426. The van der Waals surface area contributed by atoms with Gasteiger partial charge in [-0.05, 0) is 30.5 Å². The predicted octanol–water partition coefficient (Wildman–Crippen LogP) is 3.25. The maximum atomic E-state index is 12.4. The monoisotopic (exact) mass is 247 g/mol. The molecule has 0 radical (unpaired) electrons. The summed E-state index contributed by atoms with van der Waals surface area (Å²) in [6.07, 6.45) is 7.66. The van der Waals surface area contributed by atoms with Gasteiger partial charge in [0.05, 0.1) is 6.67 Å². The van der Waals surface area contributed by atoms with Crippen LogP contribution in [-0.4, -0.2) is 21.6 Å². The van der Waals surface area contributed by atoms with Crippen LogP contribution in [0.15, 0.2) is 30.7 Å². The SMILES string of the molecule is CC[C@@H](CCF)c1ncc(Cc2ccncc2)[nH]1. The Hall–Kier alpha value is -1.71. The van der Waals surface area contributed by atoms with E-state index in [4.69, 9.17) is 0 Å². The second kappa shape index (κ2) is 6.28. The Kier molecular flexibility index (Phi) is 4.45. The van der Waals surface area contributed by atoms with E-state index in [0.29, 0.717) is 6.42 Å². The van der Waals surface area contributed by atoms with Crippen LogP contribution >= 0.6 is 0 Å². The number of alkyl halides is 1. The van der Waals surface area contributed by atoms with Crippen LogP contribution in [0.25, 0.3) is 0 Å². The summed E-state index contributed by atoms with van der Waals surface area (Å²) in [7, 11) is 0. The van der Waals surface area contributed by atoms with E-state index in [1.54, 1.807) is 12.4 Å². The van der Waals surface area contributed by atoms with E-state index >= 15 is 0 Å². The van der Waals surface area contributed by atoms with Crippen molar-refractivity contribution in [2.75, 3.05) is 6.67 Å². The van der Waals surface area contributed by atoms with Crippen LogP contribution in [0.1, 0.15) is 42.8 Å². The van der Waals surface area contributed by atoms with E-state index in [1.165, 1.54) is 5.56 Å². The summed E-state index contributed by atoms with van der Waals surface area (Å²) in [6.45, 7) is 1.77. The predicted molar refractivity (Wildman–Crippen MR) is 69.3 cm³/mol. The first-order valence-corrected chi connectivity index (χ1v) is 6.32. The summed E-state index contributed by atoms with van der Waals surface area (Å²) in [5.74, 6) is 1.10. The van der Waals surface area contributed by atoms with Gasteiger partial charge in [0.1, 0.15) is 5.82 Å². The van der Waals surface area contributed by atoms with Crippen molar-refractivity contribution in [2.24, 2.45) is 0 Å². The molecule has 96 valence electrons. The van der Waals surface area contributed by atoms with Crippen molar-refractivity contribution in [3.8, 4) is 0 Å². The Morgan fingerprint density at radius 1 is 1.33 bits per heavy atom. The van der Waals surface area contributed by atoms with Gasteiger partial charge in [-0.3, -0.25) is 9.37 Å².